The fourth-order valence-corrected chi connectivity index (χ4v) is 4.06. The second-order valence-electron chi connectivity index (χ2n) is 8.09. The first-order chi connectivity index (χ1) is 18.1. The van der Waals surface area contributed by atoms with Crippen LogP contribution in [-0.2, 0) is 13.7 Å². The van der Waals surface area contributed by atoms with E-state index in [1.165, 1.54) is 48.1 Å². The number of aromatic nitrogens is 3. The Balaban J connectivity index is 1.55. The molecule has 0 radical (unpaired) electrons. The van der Waals surface area contributed by atoms with Crippen molar-refractivity contribution in [1.82, 2.24) is 14.8 Å². The van der Waals surface area contributed by atoms with Gasteiger partial charge in [0.15, 0.2) is 0 Å². The number of pyridine rings is 1. The number of nitrogens with zero attached hydrogens (tertiary/aromatic N) is 3. The predicted molar refractivity (Wildman–Crippen MR) is 132 cm³/mol. The lowest BCUT2D eigenvalue weighted by atomic mass is 9.98. The van der Waals surface area contributed by atoms with Crippen molar-refractivity contribution in [2.45, 2.75) is 26.6 Å². The molecular weight excluding hydrogens is 528 g/mol. The third-order valence-corrected chi connectivity index (χ3v) is 6.09. The van der Waals surface area contributed by atoms with Crippen LogP contribution >= 0.6 is 11.3 Å². The molecule has 0 aliphatic heterocycles. The summed E-state index contributed by atoms with van der Waals surface area (Å²) in [4.78, 5) is 25.5. The molecule has 0 unspecified atom stereocenters. The quantitative estimate of drug-likeness (QED) is 0.274. The standard InChI is InChI=1S/C25H20F4N4O4S/c1-13-3-8-19(37-23(28)29)16(9-13)18-11-33(2)20(34)10-17(18)22(35)30-24-31-32-25(38-24)36-12-14-4-6-15(7-5-14)21(26)27/h3-11,21,23H,12H2,1-2H3,(H,30,31,35). The number of hydrogen-bond acceptors (Lipinski definition) is 7. The van der Waals surface area contributed by atoms with Gasteiger partial charge in [-0.25, -0.2) is 8.78 Å². The fraction of sp³-hybridized carbons (Fsp3) is 0.200. The summed E-state index contributed by atoms with van der Waals surface area (Å²) < 4.78 is 62.8. The zero-order valence-electron chi connectivity index (χ0n) is 20.0. The molecule has 4 aromatic rings. The lowest BCUT2D eigenvalue weighted by molar-refractivity contribution is -0.0494. The summed E-state index contributed by atoms with van der Waals surface area (Å²) in [5.74, 6) is -0.890. The molecule has 0 aliphatic rings. The van der Waals surface area contributed by atoms with Gasteiger partial charge in [-0.2, -0.15) is 8.78 Å². The van der Waals surface area contributed by atoms with Crippen molar-refractivity contribution in [2.24, 2.45) is 7.05 Å². The Bertz CT molecular complexity index is 1510. The Morgan fingerprint density at radius 1 is 1.05 bits per heavy atom. The number of rotatable bonds is 9. The molecule has 4 rings (SSSR count). The average molecular weight is 549 g/mol. The molecule has 198 valence electrons. The van der Waals surface area contributed by atoms with Crippen molar-refractivity contribution in [3.05, 3.63) is 87.3 Å². The average Bonchev–Trinajstić information content (AvgIpc) is 3.32. The lowest BCUT2D eigenvalue weighted by Gasteiger charge is -2.15. The zero-order valence-corrected chi connectivity index (χ0v) is 20.8. The van der Waals surface area contributed by atoms with Gasteiger partial charge >= 0.3 is 6.61 Å². The van der Waals surface area contributed by atoms with Crippen LogP contribution in [0.3, 0.4) is 0 Å². The SMILES string of the molecule is Cc1ccc(OC(F)F)c(-c2cn(C)c(=O)cc2C(=O)Nc2nnc(OCc3ccc(C(F)F)cc3)s2)c1. The molecule has 0 fully saturated rings. The van der Waals surface area contributed by atoms with E-state index in [2.05, 4.69) is 20.3 Å². The van der Waals surface area contributed by atoms with E-state index in [0.717, 1.165) is 23.0 Å². The highest BCUT2D eigenvalue weighted by Gasteiger charge is 2.21. The number of hydrogen-bond donors (Lipinski definition) is 1. The van der Waals surface area contributed by atoms with Crippen LogP contribution in [-0.4, -0.2) is 27.3 Å². The van der Waals surface area contributed by atoms with Gasteiger partial charge in [0.05, 0.1) is 5.56 Å². The van der Waals surface area contributed by atoms with Crippen molar-refractivity contribution in [2.75, 3.05) is 5.32 Å². The van der Waals surface area contributed by atoms with Crippen molar-refractivity contribution >= 4 is 22.4 Å². The number of nitrogens with one attached hydrogen (secondary N) is 1. The van der Waals surface area contributed by atoms with Gasteiger partial charge < -0.3 is 14.0 Å². The van der Waals surface area contributed by atoms with Crippen LogP contribution in [0.25, 0.3) is 11.1 Å². The number of carbonyl (C=O) groups is 1. The van der Waals surface area contributed by atoms with Gasteiger partial charge in [-0.15, -0.1) is 5.10 Å². The van der Waals surface area contributed by atoms with Gasteiger partial charge in [0.1, 0.15) is 12.4 Å². The minimum Gasteiger partial charge on any atom is -0.464 e. The number of aryl methyl sites for hydroxylation is 2. The van der Waals surface area contributed by atoms with Gasteiger partial charge in [0.25, 0.3) is 23.1 Å². The van der Waals surface area contributed by atoms with Gasteiger partial charge in [0, 0.05) is 36.0 Å². The third-order valence-electron chi connectivity index (χ3n) is 5.34. The van der Waals surface area contributed by atoms with Crippen molar-refractivity contribution in [3.63, 3.8) is 0 Å². The van der Waals surface area contributed by atoms with Crippen LogP contribution in [0.1, 0.15) is 33.5 Å². The molecule has 13 heteroatoms. The molecular formula is C25H20F4N4O4S. The van der Waals surface area contributed by atoms with E-state index in [9.17, 15) is 27.2 Å². The molecule has 0 atom stereocenters. The Kier molecular flexibility index (Phi) is 8.05. The molecule has 0 saturated heterocycles. The Morgan fingerprint density at radius 3 is 2.47 bits per heavy atom. The number of benzene rings is 2. The zero-order chi connectivity index (χ0) is 27.4. The van der Waals surface area contributed by atoms with E-state index in [1.54, 1.807) is 19.1 Å². The fourth-order valence-electron chi connectivity index (χ4n) is 3.47. The van der Waals surface area contributed by atoms with E-state index >= 15 is 0 Å². The molecule has 2 aromatic heterocycles. The first-order valence-corrected chi connectivity index (χ1v) is 11.8. The van der Waals surface area contributed by atoms with Gasteiger partial charge in [-0.1, -0.05) is 41.0 Å². The Labute approximate surface area is 217 Å². The Hall–Kier alpha value is -4.26. The first kappa shape index (κ1) is 26.8. The molecule has 0 saturated carbocycles. The molecule has 38 heavy (non-hydrogen) atoms. The maximum Gasteiger partial charge on any atom is 0.387 e. The van der Waals surface area contributed by atoms with Crippen LogP contribution in [0, 0.1) is 6.92 Å². The summed E-state index contributed by atoms with van der Waals surface area (Å²) in [7, 11) is 1.46. The van der Waals surface area contributed by atoms with Crippen molar-refractivity contribution in [3.8, 4) is 22.1 Å². The molecule has 0 spiro atoms. The number of alkyl halides is 4. The third kappa shape index (κ3) is 6.35. The summed E-state index contributed by atoms with van der Waals surface area (Å²) in [5, 5.41) is 10.4. The maximum absolute atomic E-state index is 13.2. The summed E-state index contributed by atoms with van der Waals surface area (Å²) in [5.41, 5.74) is 1.04. The highest BCUT2D eigenvalue weighted by atomic mass is 32.1. The minimum absolute atomic E-state index is 0.0330. The topological polar surface area (TPSA) is 95.3 Å². The molecule has 1 N–H and O–H groups in total. The van der Waals surface area contributed by atoms with Gasteiger partial charge in [-0.05, 0) is 36.0 Å². The molecule has 8 nitrogen and oxygen atoms in total. The van der Waals surface area contributed by atoms with E-state index in [4.69, 9.17) is 4.74 Å². The highest BCUT2D eigenvalue weighted by Crippen LogP contribution is 2.34. The van der Waals surface area contributed by atoms with Gasteiger partial charge in [0.2, 0.25) is 5.13 Å². The smallest absolute Gasteiger partial charge is 0.387 e. The highest BCUT2D eigenvalue weighted by molar-refractivity contribution is 7.17. The maximum atomic E-state index is 13.2. The predicted octanol–water partition coefficient (Wildman–Crippen LogP) is 5.58. The van der Waals surface area contributed by atoms with E-state index < -0.39 is 24.5 Å². The van der Waals surface area contributed by atoms with Crippen LogP contribution < -0.4 is 20.3 Å². The van der Waals surface area contributed by atoms with Crippen LogP contribution in [0.4, 0.5) is 22.7 Å². The van der Waals surface area contributed by atoms with E-state index in [-0.39, 0.29) is 44.9 Å². The molecule has 0 aliphatic carbocycles. The number of carbonyl (C=O) groups excluding carboxylic acids is 1. The van der Waals surface area contributed by atoms with Crippen molar-refractivity contribution in [1.29, 1.82) is 0 Å². The summed E-state index contributed by atoms with van der Waals surface area (Å²) >= 11 is 0.903. The molecule has 2 aromatic carbocycles. The van der Waals surface area contributed by atoms with Gasteiger partial charge in [-0.3, -0.25) is 14.9 Å². The monoisotopic (exact) mass is 548 g/mol. The van der Waals surface area contributed by atoms with Crippen LogP contribution in [0.2, 0.25) is 0 Å². The number of anilines is 1. The normalized spacial score (nSPS) is 11.2. The summed E-state index contributed by atoms with van der Waals surface area (Å²) in [6.45, 7) is -1.32. The second-order valence-corrected chi connectivity index (χ2v) is 9.03. The number of halogens is 4. The van der Waals surface area contributed by atoms with Crippen LogP contribution in [0.5, 0.6) is 10.9 Å². The van der Waals surface area contributed by atoms with Crippen LogP contribution in [0.15, 0.2) is 59.5 Å². The van der Waals surface area contributed by atoms with E-state index in [0.29, 0.717) is 5.56 Å². The largest absolute Gasteiger partial charge is 0.464 e. The Morgan fingerprint density at radius 2 is 1.79 bits per heavy atom. The number of amides is 1. The van der Waals surface area contributed by atoms with Crippen molar-refractivity contribution < 1.29 is 31.8 Å². The lowest BCUT2D eigenvalue weighted by Crippen LogP contribution is -2.22. The summed E-state index contributed by atoms with van der Waals surface area (Å²) in [6.07, 6.45) is -1.21. The minimum atomic E-state index is -3.09. The number of ether oxygens (including phenoxy) is 2. The first-order valence-electron chi connectivity index (χ1n) is 11.0. The second kappa shape index (κ2) is 11.4. The molecule has 0 bridgehead atoms. The summed E-state index contributed by atoms with van der Waals surface area (Å²) in [6, 6.07) is 11.2. The molecule has 2 heterocycles. The van der Waals surface area contributed by atoms with E-state index in [1.807, 2.05) is 0 Å². The molecule has 1 amide bonds.